The highest BCUT2D eigenvalue weighted by molar-refractivity contribution is 8.01. The number of β-lactam (4-membered cyclic amide) rings is 1. The summed E-state index contributed by atoms with van der Waals surface area (Å²) in [5, 5.41) is 28.2. The monoisotopic (exact) mass is 540 g/mol. The lowest BCUT2D eigenvalue weighted by Gasteiger charge is -2.49. The molecule has 1 fully saturated rings. The molecule has 0 bridgehead atoms. The Morgan fingerprint density at radius 3 is 2.94 bits per heavy atom. The minimum Gasteiger partial charge on any atom is -0.477 e. The van der Waals surface area contributed by atoms with E-state index >= 15 is 0 Å². The number of thiazole rings is 1. The number of nitrogens with zero attached hydrogens (tertiary/aromatic N) is 7. The summed E-state index contributed by atoms with van der Waals surface area (Å²) in [5.74, 6) is -2.15. The van der Waals surface area contributed by atoms with Crippen molar-refractivity contribution < 1.29 is 29.1 Å². The lowest BCUT2D eigenvalue weighted by Crippen LogP contribution is -2.71. The number of thioether (sulfide) groups is 2. The van der Waals surface area contributed by atoms with E-state index in [4.69, 9.17) is 10.6 Å². The Kier molecular flexibility index (Phi) is 7.17. The number of hydrogen-bond acceptors (Lipinski definition) is 14. The predicted molar refractivity (Wildman–Crippen MR) is 124 cm³/mol. The number of nitrogen functional groups attached to an aromatic ring is 1. The molecule has 0 aromatic carbocycles. The highest BCUT2D eigenvalue weighted by atomic mass is 32.2. The molecule has 2 aliphatic heterocycles. The van der Waals surface area contributed by atoms with Crippen LogP contribution < -0.4 is 16.5 Å². The third-order valence-corrected chi connectivity index (χ3v) is 7.71. The van der Waals surface area contributed by atoms with Crippen molar-refractivity contribution in [3.63, 3.8) is 0 Å². The van der Waals surface area contributed by atoms with Gasteiger partial charge in [-0.3, -0.25) is 19.3 Å². The topological polar surface area (TPSA) is 220 Å². The largest absolute Gasteiger partial charge is 0.477 e. The van der Waals surface area contributed by atoms with Crippen LogP contribution >= 0.6 is 34.9 Å². The quantitative estimate of drug-likeness (QED) is 0.0868. The normalized spacial score (nSPS) is 19.6. The zero-order valence-electron chi connectivity index (χ0n) is 17.6. The minimum absolute atomic E-state index is 0.152. The van der Waals surface area contributed by atoms with Crippen LogP contribution in [0.1, 0.15) is 5.69 Å². The van der Waals surface area contributed by atoms with Crippen LogP contribution in [0.4, 0.5) is 5.13 Å². The first kappa shape index (κ1) is 24.4. The van der Waals surface area contributed by atoms with E-state index in [1.54, 1.807) is 0 Å². The number of oxime groups is 1. The molecule has 1 saturated heterocycles. The third-order valence-electron chi connectivity index (χ3n) is 4.69. The summed E-state index contributed by atoms with van der Waals surface area (Å²) in [4.78, 5) is 59.3. The zero-order chi connectivity index (χ0) is 25.1. The highest BCUT2D eigenvalue weighted by Gasteiger charge is 2.54. The van der Waals surface area contributed by atoms with Gasteiger partial charge in [-0.2, -0.15) is 0 Å². The number of aliphatic carboxylic acids is 1. The summed E-state index contributed by atoms with van der Waals surface area (Å²) in [6.45, 7) is 0. The van der Waals surface area contributed by atoms with Crippen LogP contribution in [0, 0.1) is 0 Å². The number of amides is 3. The molecule has 3 amide bonds. The summed E-state index contributed by atoms with van der Waals surface area (Å²) in [6, 6.07) is -0.974. The molecule has 2 atom stereocenters. The van der Waals surface area contributed by atoms with Gasteiger partial charge in [0.2, 0.25) is 11.6 Å². The van der Waals surface area contributed by atoms with Crippen LogP contribution in [0.2, 0.25) is 0 Å². The number of fused-ring (bicyclic) bond motifs is 1. The Labute approximate surface area is 208 Å². The van der Waals surface area contributed by atoms with E-state index in [0.29, 0.717) is 12.0 Å². The molecule has 2 aliphatic rings. The van der Waals surface area contributed by atoms with Gasteiger partial charge in [0.1, 0.15) is 29.9 Å². The summed E-state index contributed by atoms with van der Waals surface area (Å²) in [5.41, 5.74) is 8.20. The molecule has 0 unspecified atom stereocenters. The first-order valence-electron chi connectivity index (χ1n) is 9.50. The lowest BCUT2D eigenvalue weighted by molar-refractivity contribution is -0.150. The van der Waals surface area contributed by atoms with Gasteiger partial charge in [-0.05, 0) is 16.0 Å². The van der Waals surface area contributed by atoms with E-state index in [1.165, 1.54) is 24.3 Å². The van der Waals surface area contributed by atoms with E-state index in [0.717, 1.165) is 32.8 Å². The van der Waals surface area contributed by atoms with Gasteiger partial charge in [0, 0.05) is 16.9 Å². The van der Waals surface area contributed by atoms with Crippen molar-refractivity contribution in [1.29, 1.82) is 0 Å². The van der Waals surface area contributed by atoms with Crippen molar-refractivity contribution in [3.05, 3.63) is 22.3 Å². The second-order valence-electron chi connectivity index (χ2n) is 6.72. The maximum Gasteiger partial charge on any atom is 0.352 e. The van der Waals surface area contributed by atoms with Crippen molar-refractivity contribution in [3.8, 4) is 0 Å². The number of nitrogens with two attached hydrogens (primary N) is 1. The maximum absolute atomic E-state index is 12.9. The molecule has 0 radical (unpaired) electrons. The molecule has 19 heteroatoms. The summed E-state index contributed by atoms with van der Waals surface area (Å²) < 4.78 is 0. The molecule has 184 valence electrons. The second kappa shape index (κ2) is 10.3. The van der Waals surface area contributed by atoms with E-state index in [9.17, 15) is 24.3 Å². The number of hydrogen-bond donors (Lipinski definition) is 4. The fraction of sp³-hybridized carbons (Fsp3) is 0.312. The zero-order valence-corrected chi connectivity index (χ0v) is 20.1. The Bertz CT molecular complexity index is 1240. The Hall–Kier alpha value is -3.71. The molecule has 2 aromatic rings. The van der Waals surface area contributed by atoms with Crippen molar-refractivity contribution in [2.75, 3.05) is 29.8 Å². The molecule has 2 aromatic heterocycles. The van der Waals surface area contributed by atoms with E-state index in [1.807, 2.05) is 0 Å². The summed E-state index contributed by atoms with van der Waals surface area (Å²) >= 11 is 3.49. The molecular formula is C16H16N10O6S3. The lowest BCUT2D eigenvalue weighted by atomic mass is 10.0. The molecule has 4 rings (SSSR count). The van der Waals surface area contributed by atoms with Crippen molar-refractivity contribution in [1.82, 2.24) is 35.5 Å². The van der Waals surface area contributed by atoms with Crippen molar-refractivity contribution in [2.24, 2.45) is 5.16 Å². The van der Waals surface area contributed by atoms with Gasteiger partial charge in [-0.1, -0.05) is 22.0 Å². The third kappa shape index (κ3) is 4.77. The van der Waals surface area contributed by atoms with Gasteiger partial charge in [0.25, 0.3) is 11.8 Å². The van der Waals surface area contributed by atoms with Crippen LogP contribution in [0.5, 0.6) is 0 Å². The number of nitrogens with one attached hydrogen (secondary N) is 2. The van der Waals surface area contributed by atoms with Crippen LogP contribution in [0.15, 0.2) is 27.0 Å². The Balaban J connectivity index is 1.48. The highest BCUT2D eigenvalue weighted by Crippen LogP contribution is 2.41. The van der Waals surface area contributed by atoms with Gasteiger partial charge in [0.15, 0.2) is 10.8 Å². The van der Waals surface area contributed by atoms with Crippen LogP contribution in [-0.4, -0.2) is 95.2 Å². The second-order valence-corrected chi connectivity index (χ2v) is 9.66. The fourth-order valence-corrected chi connectivity index (χ4v) is 6.12. The fourth-order valence-electron chi connectivity index (χ4n) is 3.25. The van der Waals surface area contributed by atoms with Gasteiger partial charge >= 0.3 is 5.97 Å². The number of aromatic nitrogens is 5. The average molecular weight is 541 g/mol. The Morgan fingerprint density at radius 1 is 1.49 bits per heavy atom. The van der Waals surface area contributed by atoms with Gasteiger partial charge in [-0.25, -0.2) is 15.2 Å². The molecule has 0 spiro atoms. The molecule has 0 saturated carbocycles. The van der Waals surface area contributed by atoms with Crippen LogP contribution in [0.3, 0.4) is 0 Å². The predicted octanol–water partition coefficient (Wildman–Crippen LogP) is -1.71. The summed E-state index contributed by atoms with van der Waals surface area (Å²) in [7, 11) is 1.26. The molecule has 4 heterocycles. The van der Waals surface area contributed by atoms with Crippen LogP contribution in [-0.2, 0) is 24.0 Å². The summed E-state index contributed by atoms with van der Waals surface area (Å²) in [6.07, 6.45) is 0.392. The number of rotatable bonds is 10. The SMILES string of the molecule is CON=C(C(=O)N[C@@H]1C(=O)N2C(C(=O)O)=C(CSc3nnnn3NC=O)CS[C@@H]12)c1csc(N)n1. The molecule has 35 heavy (non-hydrogen) atoms. The standard InChI is InChI=1S/C16H16N10O6S3/c1-32-22-8(7-4-34-15(17)19-7)11(28)20-9-12(29)25-10(14(30)31)6(2-33-13(9)25)3-35-16-21-23-24-26(16)18-5-27/h4-5,9,13H,2-3H2,1H3,(H2,17,19)(H,18,27)(H,20,28)(H,30,31)/t9-,13+/m1/s1. The molecule has 0 aliphatic carbocycles. The van der Waals surface area contributed by atoms with Crippen molar-refractivity contribution in [2.45, 2.75) is 16.6 Å². The van der Waals surface area contributed by atoms with Crippen molar-refractivity contribution >= 4 is 69.9 Å². The van der Waals surface area contributed by atoms with Gasteiger partial charge in [0.05, 0.1) is 0 Å². The number of carbonyl (C=O) groups is 4. The number of carboxylic acid groups (broad SMARTS) is 1. The van der Waals surface area contributed by atoms with Crippen LogP contribution in [0.25, 0.3) is 0 Å². The molecule has 5 N–H and O–H groups in total. The first-order chi connectivity index (χ1) is 16.8. The number of carbonyl (C=O) groups excluding carboxylic acids is 3. The van der Waals surface area contributed by atoms with E-state index < -0.39 is 29.2 Å². The van der Waals surface area contributed by atoms with E-state index in [2.05, 4.69) is 36.4 Å². The minimum atomic E-state index is -1.28. The van der Waals surface area contributed by atoms with E-state index in [-0.39, 0.29) is 38.9 Å². The average Bonchev–Trinajstić information content (AvgIpc) is 3.47. The van der Waals surface area contributed by atoms with Gasteiger partial charge in [-0.15, -0.1) is 27.9 Å². The first-order valence-corrected chi connectivity index (χ1v) is 12.4. The maximum atomic E-state index is 12.9. The van der Waals surface area contributed by atoms with Gasteiger partial charge < -0.3 is 21.0 Å². The smallest absolute Gasteiger partial charge is 0.352 e. The molecular weight excluding hydrogens is 524 g/mol. The molecule has 16 nitrogen and oxygen atoms in total. The Morgan fingerprint density at radius 2 is 2.29 bits per heavy atom. The number of tetrazole rings is 1. The number of anilines is 1. The number of carboxylic acids is 1.